The van der Waals surface area contributed by atoms with Gasteiger partial charge in [-0.1, -0.05) is 26.2 Å². The molecule has 0 amide bonds. The third-order valence-corrected chi connectivity index (χ3v) is 4.62. The first-order valence-electron chi connectivity index (χ1n) is 7.73. The summed E-state index contributed by atoms with van der Waals surface area (Å²) in [6, 6.07) is 1.54. The van der Waals surface area contributed by atoms with Gasteiger partial charge in [0.15, 0.2) is 0 Å². The third kappa shape index (κ3) is 4.26. The van der Waals surface area contributed by atoms with E-state index in [4.69, 9.17) is 0 Å². The second kappa shape index (κ2) is 6.75. The van der Waals surface area contributed by atoms with Crippen LogP contribution in [-0.4, -0.2) is 36.6 Å². The highest BCUT2D eigenvalue weighted by Gasteiger charge is 2.21. The summed E-state index contributed by atoms with van der Waals surface area (Å²) in [6.07, 6.45) is 9.97. The van der Waals surface area contributed by atoms with E-state index in [9.17, 15) is 0 Å². The van der Waals surface area contributed by atoms with Crippen molar-refractivity contribution in [1.82, 2.24) is 10.2 Å². The second-order valence-corrected chi connectivity index (χ2v) is 6.33. The maximum Gasteiger partial charge on any atom is 0.0192 e. The smallest absolute Gasteiger partial charge is 0.0192 e. The molecule has 0 spiro atoms. The Hall–Kier alpha value is -0.0800. The van der Waals surface area contributed by atoms with Crippen LogP contribution in [0.15, 0.2) is 0 Å². The minimum atomic E-state index is 0.722. The maximum atomic E-state index is 3.79. The highest BCUT2D eigenvalue weighted by atomic mass is 15.2. The number of nitrogens with one attached hydrogen (secondary N) is 1. The van der Waals surface area contributed by atoms with Gasteiger partial charge in [-0.3, -0.25) is 4.90 Å². The standard InChI is InChI=1S/C15H30N2/c1-13-7-6-10-17(12-13)14(2)11-16-15-8-4-3-5-9-15/h13-16H,3-12H2,1-2H3. The minimum absolute atomic E-state index is 0.722. The zero-order valence-corrected chi connectivity index (χ0v) is 11.8. The van der Waals surface area contributed by atoms with Crippen molar-refractivity contribution in [1.29, 1.82) is 0 Å². The van der Waals surface area contributed by atoms with Gasteiger partial charge >= 0.3 is 0 Å². The van der Waals surface area contributed by atoms with Crippen molar-refractivity contribution in [3.63, 3.8) is 0 Å². The van der Waals surface area contributed by atoms with Crippen molar-refractivity contribution in [2.75, 3.05) is 19.6 Å². The Bertz CT molecular complexity index is 211. The van der Waals surface area contributed by atoms with Crippen LogP contribution < -0.4 is 5.32 Å². The molecule has 2 atom stereocenters. The molecule has 1 saturated carbocycles. The molecule has 0 aromatic carbocycles. The predicted molar refractivity (Wildman–Crippen MR) is 74.3 cm³/mol. The van der Waals surface area contributed by atoms with Crippen LogP contribution in [-0.2, 0) is 0 Å². The van der Waals surface area contributed by atoms with Gasteiger partial charge in [0.25, 0.3) is 0 Å². The van der Waals surface area contributed by atoms with Gasteiger partial charge in [0.05, 0.1) is 0 Å². The maximum absolute atomic E-state index is 3.79. The highest BCUT2D eigenvalue weighted by molar-refractivity contribution is 4.79. The lowest BCUT2D eigenvalue weighted by atomic mass is 9.95. The van der Waals surface area contributed by atoms with E-state index in [1.807, 2.05) is 0 Å². The Labute approximate surface area is 107 Å². The molecule has 100 valence electrons. The lowest BCUT2D eigenvalue weighted by Gasteiger charge is -2.36. The molecule has 1 N–H and O–H groups in total. The van der Waals surface area contributed by atoms with Crippen LogP contribution >= 0.6 is 0 Å². The van der Waals surface area contributed by atoms with E-state index >= 15 is 0 Å². The van der Waals surface area contributed by atoms with Gasteiger partial charge < -0.3 is 5.32 Å². The lowest BCUT2D eigenvalue weighted by molar-refractivity contribution is 0.133. The molecule has 2 rings (SSSR count). The summed E-state index contributed by atoms with van der Waals surface area (Å²) in [6.45, 7) is 8.62. The molecule has 0 bridgehead atoms. The molecular weight excluding hydrogens is 208 g/mol. The number of likely N-dealkylation sites (tertiary alicyclic amines) is 1. The Balaban J connectivity index is 1.67. The molecule has 0 radical (unpaired) electrons. The van der Waals surface area contributed by atoms with Gasteiger partial charge in [-0.15, -0.1) is 0 Å². The molecule has 1 heterocycles. The largest absolute Gasteiger partial charge is 0.312 e. The molecule has 1 aliphatic carbocycles. The van der Waals surface area contributed by atoms with Crippen molar-refractivity contribution in [3.05, 3.63) is 0 Å². The fourth-order valence-corrected chi connectivity index (χ4v) is 3.40. The van der Waals surface area contributed by atoms with Gasteiger partial charge in [0, 0.05) is 25.2 Å². The predicted octanol–water partition coefficient (Wildman–Crippen LogP) is 3.03. The molecular formula is C15H30N2. The molecule has 17 heavy (non-hydrogen) atoms. The van der Waals surface area contributed by atoms with Crippen molar-refractivity contribution < 1.29 is 0 Å². The van der Waals surface area contributed by atoms with Gasteiger partial charge in [0.1, 0.15) is 0 Å². The molecule has 2 aliphatic rings. The summed E-state index contributed by atoms with van der Waals surface area (Å²) in [5.41, 5.74) is 0. The summed E-state index contributed by atoms with van der Waals surface area (Å²) in [7, 11) is 0. The number of hydrogen-bond donors (Lipinski definition) is 1. The fourth-order valence-electron chi connectivity index (χ4n) is 3.40. The Kier molecular flexibility index (Phi) is 5.30. The Morgan fingerprint density at radius 2 is 1.88 bits per heavy atom. The molecule has 1 saturated heterocycles. The third-order valence-electron chi connectivity index (χ3n) is 4.62. The number of hydrogen-bond acceptors (Lipinski definition) is 2. The van der Waals surface area contributed by atoms with Crippen molar-refractivity contribution >= 4 is 0 Å². The van der Waals surface area contributed by atoms with Gasteiger partial charge in [-0.2, -0.15) is 0 Å². The number of nitrogens with zero attached hydrogens (tertiary/aromatic N) is 1. The van der Waals surface area contributed by atoms with E-state index in [0.717, 1.165) is 18.0 Å². The first kappa shape index (κ1) is 13.4. The topological polar surface area (TPSA) is 15.3 Å². The molecule has 2 fully saturated rings. The average Bonchev–Trinajstić information content (AvgIpc) is 2.37. The van der Waals surface area contributed by atoms with Crippen molar-refractivity contribution in [3.8, 4) is 0 Å². The molecule has 2 nitrogen and oxygen atoms in total. The zero-order chi connectivity index (χ0) is 12.1. The minimum Gasteiger partial charge on any atom is -0.312 e. The number of piperidine rings is 1. The lowest BCUT2D eigenvalue weighted by Crippen LogP contribution is -2.47. The Morgan fingerprint density at radius 3 is 2.59 bits per heavy atom. The van der Waals surface area contributed by atoms with E-state index in [2.05, 4.69) is 24.1 Å². The molecule has 2 heteroatoms. The van der Waals surface area contributed by atoms with E-state index in [0.29, 0.717) is 0 Å². The molecule has 2 unspecified atom stereocenters. The fraction of sp³-hybridized carbons (Fsp3) is 1.00. The van der Waals surface area contributed by atoms with Gasteiger partial charge in [-0.25, -0.2) is 0 Å². The summed E-state index contributed by atoms with van der Waals surface area (Å²) in [4.78, 5) is 2.68. The first-order chi connectivity index (χ1) is 8.25. The number of rotatable bonds is 4. The van der Waals surface area contributed by atoms with Crippen LogP contribution in [0.1, 0.15) is 58.8 Å². The average molecular weight is 238 g/mol. The van der Waals surface area contributed by atoms with Crippen molar-refractivity contribution in [2.24, 2.45) is 5.92 Å². The SMILES string of the molecule is CC1CCCN(C(C)CNC2CCCCC2)C1. The summed E-state index contributed by atoms with van der Waals surface area (Å²) >= 11 is 0. The van der Waals surface area contributed by atoms with Gasteiger partial charge in [0.2, 0.25) is 0 Å². The van der Waals surface area contributed by atoms with Gasteiger partial charge in [-0.05, 0) is 45.1 Å². The normalized spacial score (nSPS) is 30.4. The van der Waals surface area contributed by atoms with Crippen LogP contribution in [0.3, 0.4) is 0 Å². The summed E-state index contributed by atoms with van der Waals surface area (Å²) < 4.78 is 0. The van der Waals surface area contributed by atoms with Crippen LogP contribution in [0.5, 0.6) is 0 Å². The van der Waals surface area contributed by atoms with E-state index in [-0.39, 0.29) is 0 Å². The highest BCUT2D eigenvalue weighted by Crippen LogP contribution is 2.19. The quantitative estimate of drug-likeness (QED) is 0.810. The Morgan fingerprint density at radius 1 is 1.12 bits per heavy atom. The zero-order valence-electron chi connectivity index (χ0n) is 11.8. The van der Waals surface area contributed by atoms with Crippen LogP contribution in [0.25, 0.3) is 0 Å². The van der Waals surface area contributed by atoms with Crippen LogP contribution in [0.2, 0.25) is 0 Å². The van der Waals surface area contributed by atoms with Crippen LogP contribution in [0.4, 0.5) is 0 Å². The van der Waals surface area contributed by atoms with Crippen molar-refractivity contribution in [2.45, 2.75) is 70.9 Å². The van der Waals surface area contributed by atoms with E-state index in [1.165, 1.54) is 64.6 Å². The van der Waals surface area contributed by atoms with E-state index in [1.54, 1.807) is 0 Å². The van der Waals surface area contributed by atoms with Crippen LogP contribution in [0, 0.1) is 5.92 Å². The summed E-state index contributed by atoms with van der Waals surface area (Å²) in [5, 5.41) is 3.79. The second-order valence-electron chi connectivity index (χ2n) is 6.33. The first-order valence-corrected chi connectivity index (χ1v) is 7.73. The monoisotopic (exact) mass is 238 g/mol. The molecule has 0 aromatic heterocycles. The van der Waals surface area contributed by atoms with E-state index < -0.39 is 0 Å². The molecule has 0 aromatic rings. The summed E-state index contributed by atoms with van der Waals surface area (Å²) in [5.74, 6) is 0.904. The molecule has 1 aliphatic heterocycles.